The zero-order valence-corrected chi connectivity index (χ0v) is 10.2. The van der Waals surface area contributed by atoms with Crippen LogP contribution in [0.5, 0.6) is 0 Å². The Bertz CT molecular complexity index is 336. The van der Waals surface area contributed by atoms with Gasteiger partial charge >= 0.3 is 0 Å². The third-order valence-corrected chi connectivity index (χ3v) is 3.59. The summed E-state index contributed by atoms with van der Waals surface area (Å²) < 4.78 is 0. The number of rotatable bonds is 4. The van der Waals surface area contributed by atoms with Gasteiger partial charge in [0.2, 0.25) is 0 Å². The molecule has 88 valence electrons. The zero-order chi connectivity index (χ0) is 11.5. The third kappa shape index (κ3) is 2.63. The summed E-state index contributed by atoms with van der Waals surface area (Å²) in [5, 5.41) is 12.7. The van der Waals surface area contributed by atoms with Crippen LogP contribution in [0.2, 0.25) is 0 Å². The molecule has 0 saturated heterocycles. The molecule has 2 rings (SSSR count). The topological polar surface area (TPSA) is 32.3 Å². The fraction of sp³-hybridized carbons (Fsp3) is 0.571. The lowest BCUT2D eigenvalue weighted by Gasteiger charge is -2.31. The molecule has 1 aliphatic rings. The van der Waals surface area contributed by atoms with Crippen molar-refractivity contribution in [2.45, 2.75) is 39.3 Å². The molecule has 2 N–H and O–H groups in total. The normalized spacial score (nSPS) is 24.2. The van der Waals surface area contributed by atoms with Crippen LogP contribution in [0.15, 0.2) is 18.2 Å². The van der Waals surface area contributed by atoms with Crippen molar-refractivity contribution >= 4 is 0 Å². The molecule has 16 heavy (non-hydrogen) atoms. The second-order valence-electron chi connectivity index (χ2n) is 4.99. The zero-order valence-electron chi connectivity index (χ0n) is 10.2. The first-order chi connectivity index (χ1) is 7.66. The van der Waals surface area contributed by atoms with Crippen molar-refractivity contribution in [1.82, 2.24) is 5.32 Å². The number of aliphatic hydroxyl groups excluding tert-OH is 1. The fourth-order valence-electron chi connectivity index (χ4n) is 2.40. The molecule has 0 spiro atoms. The molecule has 1 aromatic carbocycles. The van der Waals surface area contributed by atoms with Crippen molar-refractivity contribution in [3.05, 3.63) is 34.9 Å². The molecule has 0 radical (unpaired) electrons. The van der Waals surface area contributed by atoms with Gasteiger partial charge in [-0.3, -0.25) is 0 Å². The lowest BCUT2D eigenvalue weighted by molar-refractivity contribution is 0.0429. The minimum Gasteiger partial charge on any atom is -0.393 e. The standard InChI is InChI=1S/C14H21NO/c1-10-4-3-5-11(2)14(10)9-15-8-12-6-13(16)7-12/h3-5,12-13,15-16H,6-9H2,1-2H3. The van der Waals surface area contributed by atoms with Gasteiger partial charge in [-0.1, -0.05) is 18.2 Å². The summed E-state index contributed by atoms with van der Waals surface area (Å²) in [6.45, 7) is 6.31. The van der Waals surface area contributed by atoms with Gasteiger partial charge in [0.1, 0.15) is 0 Å². The summed E-state index contributed by atoms with van der Waals surface area (Å²) in [6, 6.07) is 6.44. The maximum absolute atomic E-state index is 9.20. The fourth-order valence-corrected chi connectivity index (χ4v) is 2.40. The Morgan fingerprint density at radius 1 is 1.25 bits per heavy atom. The van der Waals surface area contributed by atoms with Crippen LogP contribution in [0.4, 0.5) is 0 Å². The van der Waals surface area contributed by atoms with E-state index in [4.69, 9.17) is 0 Å². The number of hydrogen-bond acceptors (Lipinski definition) is 2. The Kier molecular flexibility index (Phi) is 3.62. The number of aliphatic hydroxyl groups is 1. The van der Waals surface area contributed by atoms with E-state index in [0.717, 1.165) is 25.9 Å². The highest BCUT2D eigenvalue weighted by molar-refractivity contribution is 5.33. The van der Waals surface area contributed by atoms with Gasteiger partial charge in [0.15, 0.2) is 0 Å². The van der Waals surface area contributed by atoms with E-state index >= 15 is 0 Å². The van der Waals surface area contributed by atoms with E-state index < -0.39 is 0 Å². The molecule has 0 amide bonds. The highest BCUT2D eigenvalue weighted by Crippen LogP contribution is 2.26. The Hall–Kier alpha value is -0.860. The second kappa shape index (κ2) is 4.98. The Morgan fingerprint density at radius 2 is 1.88 bits per heavy atom. The molecule has 2 heteroatoms. The van der Waals surface area contributed by atoms with Crippen LogP contribution in [0.1, 0.15) is 29.5 Å². The first kappa shape index (κ1) is 11.6. The predicted molar refractivity (Wildman–Crippen MR) is 66.4 cm³/mol. The molecular weight excluding hydrogens is 198 g/mol. The quantitative estimate of drug-likeness (QED) is 0.813. The summed E-state index contributed by atoms with van der Waals surface area (Å²) in [4.78, 5) is 0. The molecule has 0 heterocycles. The van der Waals surface area contributed by atoms with Gasteiger partial charge in [-0.25, -0.2) is 0 Å². The monoisotopic (exact) mass is 219 g/mol. The van der Waals surface area contributed by atoms with Crippen LogP contribution in [0.25, 0.3) is 0 Å². The first-order valence-electron chi connectivity index (χ1n) is 6.10. The molecule has 0 bridgehead atoms. The van der Waals surface area contributed by atoms with Gasteiger partial charge in [-0.05, 0) is 55.8 Å². The van der Waals surface area contributed by atoms with E-state index in [0.29, 0.717) is 5.92 Å². The predicted octanol–water partition coefficient (Wildman–Crippen LogP) is 2.16. The third-order valence-electron chi connectivity index (χ3n) is 3.59. The lowest BCUT2D eigenvalue weighted by atomic mass is 9.82. The minimum absolute atomic E-state index is 0.0352. The molecule has 0 aliphatic heterocycles. The summed E-state index contributed by atoms with van der Waals surface area (Å²) >= 11 is 0. The van der Waals surface area contributed by atoms with Crippen LogP contribution in [0, 0.1) is 19.8 Å². The van der Waals surface area contributed by atoms with E-state index in [1.165, 1.54) is 16.7 Å². The van der Waals surface area contributed by atoms with Crippen molar-refractivity contribution < 1.29 is 5.11 Å². The molecule has 1 saturated carbocycles. The van der Waals surface area contributed by atoms with Crippen molar-refractivity contribution in [2.75, 3.05) is 6.54 Å². The van der Waals surface area contributed by atoms with Gasteiger partial charge < -0.3 is 10.4 Å². The molecule has 1 aromatic rings. The number of hydrogen-bond donors (Lipinski definition) is 2. The van der Waals surface area contributed by atoms with Crippen molar-refractivity contribution in [1.29, 1.82) is 0 Å². The van der Waals surface area contributed by atoms with Crippen LogP contribution in [0.3, 0.4) is 0 Å². The molecule has 2 nitrogen and oxygen atoms in total. The second-order valence-corrected chi connectivity index (χ2v) is 4.99. The highest BCUT2D eigenvalue weighted by Gasteiger charge is 2.26. The van der Waals surface area contributed by atoms with E-state index in [1.807, 2.05) is 0 Å². The van der Waals surface area contributed by atoms with Crippen molar-refractivity contribution in [3.8, 4) is 0 Å². The van der Waals surface area contributed by atoms with E-state index in [2.05, 4.69) is 37.4 Å². The molecule has 0 aromatic heterocycles. The van der Waals surface area contributed by atoms with Crippen LogP contribution in [-0.2, 0) is 6.54 Å². The maximum Gasteiger partial charge on any atom is 0.0546 e. The molecule has 1 fully saturated rings. The van der Waals surface area contributed by atoms with Gasteiger partial charge in [0.05, 0.1) is 6.10 Å². The maximum atomic E-state index is 9.20. The Labute approximate surface area is 97.7 Å². The molecule has 1 aliphatic carbocycles. The van der Waals surface area contributed by atoms with E-state index in [1.54, 1.807) is 0 Å². The van der Waals surface area contributed by atoms with Crippen LogP contribution >= 0.6 is 0 Å². The Balaban J connectivity index is 1.81. The van der Waals surface area contributed by atoms with Crippen LogP contribution in [-0.4, -0.2) is 17.8 Å². The number of nitrogens with one attached hydrogen (secondary N) is 1. The average Bonchev–Trinajstić information content (AvgIpc) is 2.19. The van der Waals surface area contributed by atoms with Gasteiger partial charge in [-0.15, -0.1) is 0 Å². The van der Waals surface area contributed by atoms with Crippen LogP contribution < -0.4 is 5.32 Å². The van der Waals surface area contributed by atoms with Gasteiger partial charge in [-0.2, -0.15) is 0 Å². The smallest absolute Gasteiger partial charge is 0.0546 e. The van der Waals surface area contributed by atoms with E-state index in [-0.39, 0.29) is 6.10 Å². The molecular formula is C14H21NO. The first-order valence-corrected chi connectivity index (χ1v) is 6.10. The highest BCUT2D eigenvalue weighted by atomic mass is 16.3. The average molecular weight is 219 g/mol. The largest absolute Gasteiger partial charge is 0.393 e. The molecule has 0 unspecified atom stereocenters. The van der Waals surface area contributed by atoms with Crippen molar-refractivity contribution in [2.24, 2.45) is 5.92 Å². The summed E-state index contributed by atoms with van der Waals surface area (Å²) in [7, 11) is 0. The number of aryl methyl sites for hydroxylation is 2. The summed E-state index contributed by atoms with van der Waals surface area (Å²) in [6.07, 6.45) is 1.91. The van der Waals surface area contributed by atoms with Crippen molar-refractivity contribution in [3.63, 3.8) is 0 Å². The summed E-state index contributed by atoms with van der Waals surface area (Å²) in [5.74, 6) is 0.680. The lowest BCUT2D eigenvalue weighted by Crippen LogP contribution is -2.36. The molecule has 0 atom stereocenters. The minimum atomic E-state index is -0.0352. The SMILES string of the molecule is Cc1cccc(C)c1CNCC1CC(O)C1. The van der Waals surface area contributed by atoms with E-state index in [9.17, 15) is 5.11 Å². The van der Waals surface area contributed by atoms with Gasteiger partial charge in [0.25, 0.3) is 0 Å². The Morgan fingerprint density at radius 3 is 2.44 bits per heavy atom. The summed E-state index contributed by atoms with van der Waals surface area (Å²) in [5.41, 5.74) is 4.14. The van der Waals surface area contributed by atoms with Gasteiger partial charge in [0, 0.05) is 6.54 Å². The number of benzene rings is 1.